The first-order chi connectivity index (χ1) is 8.69. The molecule has 1 aromatic rings. The minimum atomic E-state index is -0.567. The largest absolute Gasteiger partial charge is 0.369 e. The first-order valence-electron chi connectivity index (χ1n) is 5.68. The summed E-state index contributed by atoms with van der Waals surface area (Å²) in [5, 5.41) is 25.6. The fourth-order valence-electron chi connectivity index (χ4n) is 1.38. The molecule has 0 spiro atoms. The van der Waals surface area contributed by atoms with E-state index in [9.17, 15) is 10.1 Å². The van der Waals surface area contributed by atoms with Crippen LogP contribution in [0.2, 0.25) is 0 Å². The predicted molar refractivity (Wildman–Crippen MR) is 67.3 cm³/mol. The summed E-state index contributed by atoms with van der Waals surface area (Å²) in [5.41, 5.74) is 0.0115. The number of nitro groups is 1. The number of aromatic nitrogens is 1. The zero-order valence-corrected chi connectivity index (χ0v) is 10.1. The lowest BCUT2D eigenvalue weighted by molar-refractivity contribution is -0.385. The number of hydrogen-bond donors (Lipinski definition) is 2. The smallest absolute Gasteiger partial charge is 0.289 e. The molecule has 7 heteroatoms. The van der Waals surface area contributed by atoms with Gasteiger partial charge in [0.15, 0.2) is 0 Å². The van der Waals surface area contributed by atoms with Gasteiger partial charge < -0.3 is 10.6 Å². The highest BCUT2D eigenvalue weighted by molar-refractivity contribution is 5.55. The predicted octanol–water partition coefficient (Wildman–Crippen LogP) is 1.27. The molecule has 1 rings (SSSR count). The molecule has 0 saturated carbocycles. The molecule has 0 atom stereocenters. The second-order valence-corrected chi connectivity index (χ2v) is 3.59. The molecule has 1 aromatic heterocycles. The molecular formula is C11H15N5O2. The third-order valence-corrected chi connectivity index (χ3v) is 2.28. The van der Waals surface area contributed by atoms with E-state index >= 15 is 0 Å². The van der Waals surface area contributed by atoms with Crippen molar-refractivity contribution in [2.45, 2.75) is 13.3 Å². The summed E-state index contributed by atoms with van der Waals surface area (Å²) in [4.78, 5) is 13.9. The lowest BCUT2D eigenvalue weighted by atomic mass is 10.2. The van der Waals surface area contributed by atoms with Gasteiger partial charge in [-0.3, -0.25) is 10.1 Å². The van der Waals surface area contributed by atoms with E-state index < -0.39 is 4.92 Å². The van der Waals surface area contributed by atoms with Crippen molar-refractivity contribution >= 4 is 11.5 Å². The highest BCUT2D eigenvalue weighted by Crippen LogP contribution is 2.17. The monoisotopic (exact) mass is 249 g/mol. The molecule has 0 bridgehead atoms. The van der Waals surface area contributed by atoms with Crippen molar-refractivity contribution in [3.8, 4) is 6.07 Å². The maximum absolute atomic E-state index is 10.5. The number of rotatable bonds is 7. The normalized spacial score (nSPS) is 9.78. The number of nitrogens with one attached hydrogen (secondary N) is 2. The van der Waals surface area contributed by atoms with Crippen LogP contribution in [0.15, 0.2) is 12.3 Å². The van der Waals surface area contributed by atoms with Gasteiger partial charge in [0.05, 0.1) is 4.92 Å². The van der Waals surface area contributed by atoms with Crippen LogP contribution >= 0.6 is 0 Å². The molecule has 0 radical (unpaired) electrons. The van der Waals surface area contributed by atoms with Gasteiger partial charge in [0, 0.05) is 12.6 Å². The van der Waals surface area contributed by atoms with Crippen molar-refractivity contribution in [1.29, 1.82) is 5.26 Å². The van der Waals surface area contributed by atoms with E-state index in [0.29, 0.717) is 12.4 Å². The van der Waals surface area contributed by atoms with E-state index in [4.69, 9.17) is 5.26 Å². The number of pyridine rings is 1. The number of anilines is 1. The zero-order chi connectivity index (χ0) is 13.4. The molecular weight excluding hydrogens is 234 g/mol. The van der Waals surface area contributed by atoms with Gasteiger partial charge in [-0.05, 0) is 19.5 Å². The molecule has 7 nitrogen and oxygen atoms in total. The Hall–Kier alpha value is -2.20. The molecule has 0 aliphatic heterocycles. The standard InChI is InChI=1S/C11H15N5O2/c1-2-13-4-3-5-14-11-9(7-12)6-10(8-15-11)16(17)18/h6,8,13H,2-5H2,1H3,(H,14,15). The Morgan fingerprint density at radius 2 is 2.33 bits per heavy atom. The van der Waals surface area contributed by atoms with E-state index in [1.807, 2.05) is 13.0 Å². The number of nitrogens with zero attached hydrogens (tertiary/aromatic N) is 3. The topological polar surface area (TPSA) is 104 Å². The van der Waals surface area contributed by atoms with Gasteiger partial charge >= 0.3 is 0 Å². The van der Waals surface area contributed by atoms with Gasteiger partial charge in [-0.1, -0.05) is 6.92 Å². The average Bonchev–Trinajstić information content (AvgIpc) is 2.38. The minimum Gasteiger partial charge on any atom is -0.369 e. The third-order valence-electron chi connectivity index (χ3n) is 2.28. The summed E-state index contributed by atoms with van der Waals surface area (Å²) < 4.78 is 0. The molecule has 96 valence electrons. The maximum Gasteiger partial charge on any atom is 0.289 e. The molecule has 0 saturated heterocycles. The van der Waals surface area contributed by atoms with E-state index in [2.05, 4.69) is 15.6 Å². The Bertz CT molecular complexity index is 455. The van der Waals surface area contributed by atoms with Gasteiger partial charge in [-0.2, -0.15) is 5.26 Å². The van der Waals surface area contributed by atoms with Gasteiger partial charge in [-0.25, -0.2) is 4.98 Å². The van der Waals surface area contributed by atoms with Crippen LogP contribution in [-0.4, -0.2) is 29.5 Å². The van der Waals surface area contributed by atoms with Gasteiger partial charge in [0.2, 0.25) is 0 Å². The number of hydrogen-bond acceptors (Lipinski definition) is 6. The van der Waals surface area contributed by atoms with Crippen molar-refractivity contribution in [2.75, 3.05) is 25.0 Å². The summed E-state index contributed by atoms with van der Waals surface area (Å²) in [6.45, 7) is 4.48. The van der Waals surface area contributed by atoms with Crippen LogP contribution in [0.25, 0.3) is 0 Å². The summed E-state index contributed by atoms with van der Waals surface area (Å²) in [6.07, 6.45) is 2.03. The molecule has 0 amide bonds. The summed E-state index contributed by atoms with van der Waals surface area (Å²) >= 11 is 0. The van der Waals surface area contributed by atoms with Gasteiger partial charge in [0.1, 0.15) is 23.6 Å². The van der Waals surface area contributed by atoms with Crippen LogP contribution in [0.4, 0.5) is 11.5 Å². The van der Waals surface area contributed by atoms with Crippen molar-refractivity contribution in [2.24, 2.45) is 0 Å². The Morgan fingerprint density at radius 1 is 1.56 bits per heavy atom. The highest BCUT2D eigenvalue weighted by atomic mass is 16.6. The second-order valence-electron chi connectivity index (χ2n) is 3.59. The molecule has 0 fully saturated rings. The van der Waals surface area contributed by atoms with Crippen LogP contribution in [0.3, 0.4) is 0 Å². The molecule has 1 heterocycles. The zero-order valence-electron chi connectivity index (χ0n) is 10.1. The van der Waals surface area contributed by atoms with Crippen molar-refractivity contribution < 1.29 is 4.92 Å². The minimum absolute atomic E-state index is 0.176. The van der Waals surface area contributed by atoms with Crippen LogP contribution in [0, 0.1) is 21.4 Å². The SMILES string of the molecule is CCNCCCNc1ncc([N+](=O)[O-])cc1C#N. The molecule has 0 aliphatic rings. The fourth-order valence-corrected chi connectivity index (χ4v) is 1.38. The van der Waals surface area contributed by atoms with Crippen LogP contribution in [-0.2, 0) is 0 Å². The Balaban J connectivity index is 2.61. The van der Waals surface area contributed by atoms with Crippen molar-refractivity contribution in [3.63, 3.8) is 0 Å². The van der Waals surface area contributed by atoms with E-state index in [1.54, 1.807) is 0 Å². The first-order valence-corrected chi connectivity index (χ1v) is 5.68. The number of nitriles is 1. The van der Waals surface area contributed by atoms with Gasteiger partial charge in [-0.15, -0.1) is 0 Å². The average molecular weight is 249 g/mol. The quantitative estimate of drug-likeness (QED) is 0.428. The van der Waals surface area contributed by atoms with Crippen LogP contribution < -0.4 is 10.6 Å². The summed E-state index contributed by atoms with van der Waals surface area (Å²) in [6, 6.07) is 3.12. The van der Waals surface area contributed by atoms with Crippen molar-refractivity contribution in [3.05, 3.63) is 27.9 Å². The lowest BCUT2D eigenvalue weighted by Crippen LogP contribution is -2.17. The molecule has 0 unspecified atom stereocenters. The van der Waals surface area contributed by atoms with E-state index in [1.165, 1.54) is 6.07 Å². The lowest BCUT2D eigenvalue weighted by Gasteiger charge is -2.06. The van der Waals surface area contributed by atoms with Crippen molar-refractivity contribution in [1.82, 2.24) is 10.3 Å². The Labute approximate surface area is 105 Å². The second kappa shape index (κ2) is 7.19. The van der Waals surface area contributed by atoms with E-state index in [0.717, 1.165) is 25.7 Å². The summed E-state index contributed by atoms with van der Waals surface area (Å²) in [7, 11) is 0. The third kappa shape index (κ3) is 3.99. The highest BCUT2D eigenvalue weighted by Gasteiger charge is 2.11. The Morgan fingerprint density at radius 3 is 2.94 bits per heavy atom. The van der Waals surface area contributed by atoms with Crippen LogP contribution in [0.5, 0.6) is 0 Å². The fraction of sp³-hybridized carbons (Fsp3) is 0.455. The maximum atomic E-state index is 10.5. The van der Waals surface area contributed by atoms with E-state index in [-0.39, 0.29) is 11.3 Å². The van der Waals surface area contributed by atoms with Crippen LogP contribution in [0.1, 0.15) is 18.9 Å². The molecule has 18 heavy (non-hydrogen) atoms. The first kappa shape index (κ1) is 13.9. The Kier molecular flexibility index (Phi) is 5.54. The molecule has 0 aliphatic carbocycles. The van der Waals surface area contributed by atoms with Gasteiger partial charge in [0.25, 0.3) is 5.69 Å². The summed E-state index contributed by atoms with van der Waals surface area (Å²) in [5.74, 6) is 0.389. The molecule has 2 N–H and O–H groups in total. The molecule has 0 aromatic carbocycles.